The van der Waals surface area contributed by atoms with Gasteiger partial charge in [-0.15, -0.1) is 0 Å². The van der Waals surface area contributed by atoms with Gasteiger partial charge < -0.3 is 10.4 Å². The van der Waals surface area contributed by atoms with Crippen molar-refractivity contribution in [2.24, 2.45) is 0 Å². The van der Waals surface area contributed by atoms with Crippen LogP contribution < -0.4 is 5.32 Å². The molecule has 0 aromatic heterocycles. The highest BCUT2D eigenvalue weighted by molar-refractivity contribution is 6.31. The molecule has 1 aromatic carbocycles. The van der Waals surface area contributed by atoms with Gasteiger partial charge in [0.15, 0.2) is 0 Å². The summed E-state index contributed by atoms with van der Waals surface area (Å²) in [6.07, 6.45) is 9.10. The molecular weight excluding hydrogens is 282 g/mol. The molecule has 0 radical (unpaired) electrons. The highest BCUT2D eigenvalue weighted by atomic mass is 35.5. The SMILES string of the molecule is OC1(CNC2CC(c3ccccc3Cl)C2)CCCCCC1. The maximum atomic E-state index is 10.7. The first-order chi connectivity index (χ1) is 10.2. The number of rotatable bonds is 4. The van der Waals surface area contributed by atoms with Gasteiger partial charge in [0.1, 0.15) is 0 Å². The predicted molar refractivity (Wildman–Crippen MR) is 87.9 cm³/mol. The number of halogens is 1. The van der Waals surface area contributed by atoms with Gasteiger partial charge in [0.2, 0.25) is 0 Å². The molecule has 2 N–H and O–H groups in total. The molecule has 0 aliphatic heterocycles. The van der Waals surface area contributed by atoms with E-state index < -0.39 is 5.60 Å². The minimum atomic E-state index is -0.466. The van der Waals surface area contributed by atoms with Crippen LogP contribution in [0.15, 0.2) is 24.3 Å². The molecule has 0 amide bonds. The molecule has 0 bridgehead atoms. The van der Waals surface area contributed by atoms with Crippen molar-refractivity contribution in [2.75, 3.05) is 6.54 Å². The van der Waals surface area contributed by atoms with Gasteiger partial charge in [-0.25, -0.2) is 0 Å². The van der Waals surface area contributed by atoms with Crippen LogP contribution in [0.25, 0.3) is 0 Å². The minimum absolute atomic E-state index is 0.466. The molecule has 116 valence electrons. The average Bonchev–Trinajstić information content (AvgIpc) is 2.64. The van der Waals surface area contributed by atoms with Crippen LogP contribution in [-0.4, -0.2) is 23.3 Å². The molecule has 2 fully saturated rings. The van der Waals surface area contributed by atoms with Gasteiger partial charge in [-0.1, -0.05) is 55.5 Å². The van der Waals surface area contributed by atoms with Crippen LogP contribution >= 0.6 is 11.6 Å². The van der Waals surface area contributed by atoms with Crippen molar-refractivity contribution < 1.29 is 5.11 Å². The predicted octanol–water partition coefficient (Wildman–Crippen LogP) is 4.26. The molecule has 2 aliphatic rings. The third kappa shape index (κ3) is 3.80. The molecule has 2 aliphatic carbocycles. The van der Waals surface area contributed by atoms with Gasteiger partial charge in [0.25, 0.3) is 0 Å². The third-order valence-corrected chi connectivity index (χ3v) is 5.58. The number of aliphatic hydroxyl groups is 1. The second kappa shape index (κ2) is 6.68. The molecule has 3 rings (SSSR count). The smallest absolute Gasteiger partial charge is 0.0771 e. The van der Waals surface area contributed by atoms with Crippen LogP contribution in [0.5, 0.6) is 0 Å². The van der Waals surface area contributed by atoms with Gasteiger partial charge in [0.05, 0.1) is 5.60 Å². The molecule has 3 heteroatoms. The van der Waals surface area contributed by atoms with Crippen molar-refractivity contribution in [1.29, 1.82) is 0 Å². The minimum Gasteiger partial charge on any atom is -0.389 e. The lowest BCUT2D eigenvalue weighted by Gasteiger charge is -2.39. The first-order valence-electron chi connectivity index (χ1n) is 8.36. The largest absolute Gasteiger partial charge is 0.389 e. The van der Waals surface area contributed by atoms with Crippen molar-refractivity contribution in [1.82, 2.24) is 5.32 Å². The Morgan fingerprint density at radius 1 is 1.10 bits per heavy atom. The van der Waals surface area contributed by atoms with E-state index in [-0.39, 0.29) is 0 Å². The Morgan fingerprint density at radius 3 is 2.43 bits per heavy atom. The number of benzene rings is 1. The van der Waals surface area contributed by atoms with Crippen molar-refractivity contribution in [3.63, 3.8) is 0 Å². The standard InChI is InChI=1S/C18H26ClNO/c19-17-8-4-3-7-16(17)14-11-15(12-14)20-13-18(21)9-5-1-2-6-10-18/h3-4,7-8,14-15,20-21H,1-2,5-6,9-13H2. The van der Waals surface area contributed by atoms with Crippen LogP contribution in [0.1, 0.15) is 62.8 Å². The van der Waals surface area contributed by atoms with Crippen molar-refractivity contribution >= 4 is 11.6 Å². The molecular formula is C18H26ClNO. The molecule has 0 heterocycles. The third-order valence-electron chi connectivity index (χ3n) is 5.24. The molecule has 21 heavy (non-hydrogen) atoms. The summed E-state index contributed by atoms with van der Waals surface area (Å²) < 4.78 is 0. The summed E-state index contributed by atoms with van der Waals surface area (Å²) in [7, 11) is 0. The first kappa shape index (κ1) is 15.3. The zero-order valence-electron chi connectivity index (χ0n) is 12.7. The van der Waals surface area contributed by atoms with E-state index in [1.54, 1.807) is 0 Å². The van der Waals surface area contributed by atoms with Crippen LogP contribution in [0.2, 0.25) is 5.02 Å². The maximum absolute atomic E-state index is 10.7. The highest BCUT2D eigenvalue weighted by Gasteiger charge is 2.34. The van der Waals surface area contributed by atoms with E-state index in [1.807, 2.05) is 12.1 Å². The van der Waals surface area contributed by atoms with Crippen LogP contribution in [0.4, 0.5) is 0 Å². The Kier molecular flexibility index (Phi) is 4.88. The molecule has 0 unspecified atom stereocenters. The van der Waals surface area contributed by atoms with Crippen LogP contribution in [0, 0.1) is 0 Å². The van der Waals surface area contributed by atoms with Crippen molar-refractivity contribution in [3.8, 4) is 0 Å². The molecule has 1 aromatic rings. The van der Waals surface area contributed by atoms with E-state index >= 15 is 0 Å². The molecule has 2 saturated carbocycles. The Hall–Kier alpha value is -0.570. The lowest BCUT2D eigenvalue weighted by molar-refractivity contribution is 0.0192. The van der Waals surface area contributed by atoms with Crippen molar-refractivity contribution in [2.45, 2.75) is 68.9 Å². The van der Waals surface area contributed by atoms with E-state index in [1.165, 1.54) is 31.2 Å². The van der Waals surface area contributed by atoms with E-state index in [2.05, 4.69) is 17.4 Å². The quantitative estimate of drug-likeness (QED) is 0.815. The second-order valence-corrected chi connectivity index (χ2v) is 7.31. The fourth-order valence-corrected chi connectivity index (χ4v) is 4.03. The lowest BCUT2D eigenvalue weighted by Crippen LogP contribution is -2.48. The van der Waals surface area contributed by atoms with Gasteiger partial charge in [-0.2, -0.15) is 0 Å². The van der Waals surface area contributed by atoms with Crippen LogP contribution in [0.3, 0.4) is 0 Å². The summed E-state index contributed by atoms with van der Waals surface area (Å²) in [5.41, 5.74) is 0.816. The normalized spacial score (nSPS) is 28.7. The van der Waals surface area contributed by atoms with E-state index in [0.29, 0.717) is 12.0 Å². The van der Waals surface area contributed by atoms with E-state index in [4.69, 9.17) is 11.6 Å². The second-order valence-electron chi connectivity index (χ2n) is 6.91. The summed E-state index contributed by atoms with van der Waals surface area (Å²) in [6.45, 7) is 0.757. The van der Waals surface area contributed by atoms with Gasteiger partial charge >= 0.3 is 0 Å². The lowest BCUT2D eigenvalue weighted by atomic mass is 9.75. The number of hydrogen-bond acceptors (Lipinski definition) is 2. The van der Waals surface area contributed by atoms with Gasteiger partial charge in [0, 0.05) is 17.6 Å². The zero-order chi connectivity index (χ0) is 14.7. The Morgan fingerprint density at radius 2 is 1.76 bits per heavy atom. The maximum Gasteiger partial charge on any atom is 0.0771 e. The molecule has 0 spiro atoms. The monoisotopic (exact) mass is 307 g/mol. The van der Waals surface area contributed by atoms with Gasteiger partial charge in [-0.3, -0.25) is 0 Å². The Balaban J connectivity index is 1.46. The van der Waals surface area contributed by atoms with Crippen molar-refractivity contribution in [3.05, 3.63) is 34.9 Å². The van der Waals surface area contributed by atoms with Gasteiger partial charge in [-0.05, 0) is 43.2 Å². The highest BCUT2D eigenvalue weighted by Crippen LogP contribution is 2.40. The zero-order valence-corrected chi connectivity index (χ0v) is 13.4. The summed E-state index contributed by atoms with van der Waals surface area (Å²) in [5, 5.41) is 15.1. The fourth-order valence-electron chi connectivity index (χ4n) is 3.74. The van der Waals surface area contributed by atoms with Crippen LogP contribution in [-0.2, 0) is 0 Å². The molecule has 0 atom stereocenters. The number of hydrogen-bond donors (Lipinski definition) is 2. The Bertz CT molecular complexity index is 462. The first-order valence-corrected chi connectivity index (χ1v) is 8.74. The summed E-state index contributed by atoms with van der Waals surface area (Å²) in [6, 6.07) is 8.71. The number of nitrogens with one attached hydrogen (secondary N) is 1. The summed E-state index contributed by atoms with van der Waals surface area (Å²) in [5.74, 6) is 0.583. The van der Waals surface area contributed by atoms with E-state index in [9.17, 15) is 5.11 Å². The summed E-state index contributed by atoms with van der Waals surface area (Å²) >= 11 is 6.26. The average molecular weight is 308 g/mol. The topological polar surface area (TPSA) is 32.3 Å². The molecule has 0 saturated heterocycles. The van der Waals surface area contributed by atoms with E-state index in [0.717, 1.165) is 37.3 Å². The Labute approximate surface area is 132 Å². The molecule has 2 nitrogen and oxygen atoms in total. The summed E-state index contributed by atoms with van der Waals surface area (Å²) in [4.78, 5) is 0. The fraction of sp³-hybridized carbons (Fsp3) is 0.667.